The lowest BCUT2D eigenvalue weighted by Crippen LogP contribution is -2.32. The molecule has 0 spiro atoms. The van der Waals surface area contributed by atoms with Crippen molar-refractivity contribution in [1.29, 1.82) is 0 Å². The molecule has 0 bridgehead atoms. The quantitative estimate of drug-likeness (QED) is 0.356. The molecule has 0 aliphatic rings. The zero-order valence-corrected chi connectivity index (χ0v) is 17.9. The maximum Gasteiger partial charge on any atom is 0.238 e. The molecule has 2 N–H and O–H groups in total. The number of rotatable bonds is 8. The summed E-state index contributed by atoms with van der Waals surface area (Å²) in [6.07, 6.45) is 0. The molecular weight excluding hydrogens is 400 g/mol. The molecule has 1 amide bonds. The van der Waals surface area contributed by atoms with E-state index in [1.54, 1.807) is 11.8 Å². The molecule has 3 nitrogen and oxygen atoms in total. The molecule has 0 unspecified atom stereocenters. The highest BCUT2D eigenvalue weighted by atomic mass is 32.2. The Kier molecular flexibility index (Phi) is 7.16. The first-order chi connectivity index (χ1) is 15.3. The van der Waals surface area contributed by atoms with Crippen LogP contribution >= 0.6 is 11.8 Å². The summed E-state index contributed by atoms with van der Waals surface area (Å²) in [7, 11) is 0. The van der Waals surface area contributed by atoms with Crippen molar-refractivity contribution in [2.24, 2.45) is 0 Å². The van der Waals surface area contributed by atoms with Crippen LogP contribution in [0.1, 0.15) is 17.2 Å². The molecule has 0 saturated heterocycles. The van der Waals surface area contributed by atoms with Gasteiger partial charge in [0, 0.05) is 9.79 Å². The Bertz CT molecular complexity index is 1060. The molecular formula is C27H24N2OS. The number of hydrogen-bond acceptors (Lipinski definition) is 3. The fraction of sp³-hybridized carbons (Fsp3) is 0.0741. The highest BCUT2D eigenvalue weighted by Crippen LogP contribution is 2.33. The number of nitrogens with one attached hydrogen (secondary N) is 2. The molecule has 0 fully saturated rings. The monoisotopic (exact) mass is 424 g/mol. The van der Waals surface area contributed by atoms with E-state index in [9.17, 15) is 4.79 Å². The fourth-order valence-electron chi connectivity index (χ4n) is 3.38. The van der Waals surface area contributed by atoms with E-state index in [1.165, 1.54) is 0 Å². The van der Waals surface area contributed by atoms with Gasteiger partial charge in [-0.1, -0.05) is 103 Å². The van der Waals surface area contributed by atoms with E-state index in [0.717, 1.165) is 26.6 Å². The van der Waals surface area contributed by atoms with Crippen LogP contribution in [0.4, 0.5) is 5.69 Å². The van der Waals surface area contributed by atoms with Crippen LogP contribution in [-0.2, 0) is 4.79 Å². The summed E-state index contributed by atoms with van der Waals surface area (Å²) in [4.78, 5) is 15.0. The summed E-state index contributed by atoms with van der Waals surface area (Å²) in [6.45, 7) is 0.207. The van der Waals surface area contributed by atoms with Crippen LogP contribution in [-0.4, -0.2) is 12.5 Å². The van der Waals surface area contributed by atoms with Crippen molar-refractivity contribution in [3.8, 4) is 0 Å². The van der Waals surface area contributed by atoms with Gasteiger partial charge in [0.1, 0.15) is 0 Å². The lowest BCUT2D eigenvalue weighted by molar-refractivity contribution is -0.115. The molecule has 0 aromatic heterocycles. The minimum atomic E-state index is -0.0713. The average molecular weight is 425 g/mol. The second kappa shape index (κ2) is 10.6. The third kappa shape index (κ3) is 5.85. The number of carbonyl (C=O) groups excluding carboxylic acids is 1. The van der Waals surface area contributed by atoms with Crippen LogP contribution in [0.15, 0.2) is 125 Å². The molecule has 0 radical (unpaired) electrons. The van der Waals surface area contributed by atoms with Crippen LogP contribution in [0, 0.1) is 0 Å². The Hall–Kier alpha value is -3.34. The minimum Gasteiger partial charge on any atom is -0.324 e. The number of amides is 1. The van der Waals surface area contributed by atoms with E-state index in [4.69, 9.17) is 0 Å². The SMILES string of the molecule is O=C(CNC(c1ccccc1)c1ccccc1)Nc1ccccc1Sc1ccccc1. The van der Waals surface area contributed by atoms with E-state index in [2.05, 4.69) is 47.0 Å². The number of para-hydroxylation sites is 1. The number of anilines is 1. The zero-order chi connectivity index (χ0) is 21.3. The summed E-state index contributed by atoms with van der Waals surface area (Å²) in [6, 6.07) is 38.4. The molecule has 0 heterocycles. The highest BCUT2D eigenvalue weighted by Gasteiger charge is 2.15. The van der Waals surface area contributed by atoms with Gasteiger partial charge in [0.25, 0.3) is 0 Å². The minimum absolute atomic E-state index is 0.0536. The molecule has 4 aromatic carbocycles. The standard InChI is InChI=1S/C27H24N2OS/c30-26(29-24-18-10-11-19-25(24)31-23-16-8-3-9-17-23)20-28-27(21-12-4-1-5-13-21)22-14-6-2-7-15-22/h1-19,27-28H,20H2,(H,29,30). The Labute approximate surface area is 187 Å². The van der Waals surface area contributed by atoms with Crippen LogP contribution in [0.3, 0.4) is 0 Å². The van der Waals surface area contributed by atoms with Crippen molar-refractivity contribution in [2.75, 3.05) is 11.9 Å². The van der Waals surface area contributed by atoms with Gasteiger partial charge in [-0.3, -0.25) is 10.1 Å². The van der Waals surface area contributed by atoms with Gasteiger partial charge in [-0.15, -0.1) is 0 Å². The second-order valence-electron chi connectivity index (χ2n) is 7.09. The predicted molar refractivity (Wildman–Crippen MR) is 128 cm³/mol. The van der Waals surface area contributed by atoms with Crippen LogP contribution < -0.4 is 10.6 Å². The highest BCUT2D eigenvalue weighted by molar-refractivity contribution is 7.99. The predicted octanol–water partition coefficient (Wildman–Crippen LogP) is 6.16. The van der Waals surface area contributed by atoms with Gasteiger partial charge < -0.3 is 5.32 Å². The summed E-state index contributed by atoms with van der Waals surface area (Å²) in [5.74, 6) is -0.0713. The fourth-order valence-corrected chi connectivity index (χ4v) is 4.31. The second-order valence-corrected chi connectivity index (χ2v) is 8.21. The topological polar surface area (TPSA) is 41.1 Å². The Morgan fingerprint density at radius 1 is 0.677 bits per heavy atom. The lowest BCUT2D eigenvalue weighted by Gasteiger charge is -2.20. The van der Waals surface area contributed by atoms with Crippen molar-refractivity contribution in [2.45, 2.75) is 15.8 Å². The Morgan fingerprint density at radius 2 is 1.19 bits per heavy atom. The van der Waals surface area contributed by atoms with Gasteiger partial charge in [-0.05, 0) is 35.4 Å². The van der Waals surface area contributed by atoms with E-state index in [0.29, 0.717) is 0 Å². The summed E-state index contributed by atoms with van der Waals surface area (Å²) in [5, 5.41) is 6.49. The van der Waals surface area contributed by atoms with Crippen molar-refractivity contribution >= 4 is 23.4 Å². The maximum absolute atomic E-state index is 12.8. The van der Waals surface area contributed by atoms with E-state index < -0.39 is 0 Å². The molecule has 4 aromatic rings. The van der Waals surface area contributed by atoms with Crippen molar-refractivity contribution in [1.82, 2.24) is 5.32 Å². The first kappa shape index (κ1) is 20.9. The smallest absolute Gasteiger partial charge is 0.238 e. The maximum atomic E-state index is 12.8. The summed E-state index contributed by atoms with van der Waals surface area (Å²) >= 11 is 1.64. The zero-order valence-electron chi connectivity index (χ0n) is 17.1. The number of benzene rings is 4. The first-order valence-electron chi connectivity index (χ1n) is 10.2. The van der Waals surface area contributed by atoms with Gasteiger partial charge in [-0.25, -0.2) is 0 Å². The van der Waals surface area contributed by atoms with E-state index in [-0.39, 0.29) is 18.5 Å². The summed E-state index contributed by atoms with van der Waals surface area (Å²) < 4.78 is 0. The lowest BCUT2D eigenvalue weighted by atomic mass is 9.99. The van der Waals surface area contributed by atoms with Gasteiger partial charge in [0.2, 0.25) is 5.91 Å². The Balaban J connectivity index is 1.45. The molecule has 154 valence electrons. The van der Waals surface area contributed by atoms with E-state index in [1.807, 2.05) is 78.9 Å². The largest absolute Gasteiger partial charge is 0.324 e. The van der Waals surface area contributed by atoms with Gasteiger partial charge in [-0.2, -0.15) is 0 Å². The van der Waals surface area contributed by atoms with Crippen LogP contribution in [0.2, 0.25) is 0 Å². The van der Waals surface area contributed by atoms with Crippen molar-refractivity contribution in [3.63, 3.8) is 0 Å². The van der Waals surface area contributed by atoms with Crippen molar-refractivity contribution in [3.05, 3.63) is 126 Å². The third-order valence-electron chi connectivity index (χ3n) is 4.86. The summed E-state index contributed by atoms with van der Waals surface area (Å²) in [5.41, 5.74) is 3.07. The third-order valence-corrected chi connectivity index (χ3v) is 5.95. The average Bonchev–Trinajstić information content (AvgIpc) is 2.83. The molecule has 0 saturated carbocycles. The van der Waals surface area contributed by atoms with Crippen LogP contribution in [0.5, 0.6) is 0 Å². The van der Waals surface area contributed by atoms with Crippen LogP contribution in [0.25, 0.3) is 0 Å². The first-order valence-corrected chi connectivity index (χ1v) is 11.1. The molecule has 4 rings (SSSR count). The number of hydrogen-bond donors (Lipinski definition) is 2. The molecule has 31 heavy (non-hydrogen) atoms. The van der Waals surface area contributed by atoms with E-state index >= 15 is 0 Å². The van der Waals surface area contributed by atoms with Gasteiger partial charge in [0.05, 0.1) is 18.3 Å². The molecule has 0 atom stereocenters. The van der Waals surface area contributed by atoms with Gasteiger partial charge in [0.15, 0.2) is 0 Å². The normalized spacial score (nSPS) is 10.7. The molecule has 4 heteroatoms. The van der Waals surface area contributed by atoms with Gasteiger partial charge >= 0.3 is 0 Å². The molecule has 0 aliphatic heterocycles. The number of carbonyl (C=O) groups is 1. The molecule has 0 aliphatic carbocycles. The van der Waals surface area contributed by atoms with Crippen molar-refractivity contribution < 1.29 is 4.79 Å². The Morgan fingerprint density at radius 3 is 1.81 bits per heavy atom.